The highest BCUT2D eigenvalue weighted by Crippen LogP contribution is 2.32. The van der Waals surface area contributed by atoms with Crippen LogP contribution in [0.4, 0.5) is 5.82 Å². The number of halogens is 1. The Hall–Kier alpha value is -1.22. The Morgan fingerprint density at radius 3 is 2.78 bits per heavy atom. The number of hydrogen-bond acceptors (Lipinski definition) is 7. The number of aliphatic hydroxyl groups excluding tert-OH is 1. The van der Waals surface area contributed by atoms with E-state index in [0.29, 0.717) is 10.8 Å². The van der Waals surface area contributed by atoms with Gasteiger partial charge in [0.1, 0.15) is 4.70 Å². The van der Waals surface area contributed by atoms with Crippen molar-refractivity contribution in [2.45, 2.75) is 23.9 Å². The van der Waals surface area contributed by atoms with Gasteiger partial charge >= 0.3 is 0 Å². The monoisotopic (exact) mass is 410 g/mol. The molecule has 2 heterocycles. The fraction of sp³-hybridized carbons (Fsp3) is 0.267. The molecule has 120 valence electrons. The van der Waals surface area contributed by atoms with E-state index in [-0.39, 0.29) is 12.6 Å². The van der Waals surface area contributed by atoms with Crippen LogP contribution < -0.4 is 5.32 Å². The number of aliphatic hydroxyl groups is 1. The van der Waals surface area contributed by atoms with E-state index in [1.165, 1.54) is 16.9 Å². The number of nitrogens with zero attached hydrogens (tertiary/aromatic N) is 3. The van der Waals surface area contributed by atoms with Crippen LogP contribution in [0.5, 0.6) is 0 Å². The second-order valence-corrected chi connectivity index (χ2v) is 8.19. The predicted octanol–water partition coefficient (Wildman–Crippen LogP) is 3.93. The van der Waals surface area contributed by atoms with Crippen LogP contribution in [0.15, 0.2) is 39.4 Å². The zero-order valence-electron chi connectivity index (χ0n) is 12.4. The minimum Gasteiger partial charge on any atom is -0.394 e. The van der Waals surface area contributed by atoms with Crippen molar-refractivity contribution in [3.63, 3.8) is 0 Å². The van der Waals surface area contributed by atoms with E-state index in [1.54, 1.807) is 11.8 Å². The SMILES string of the molecule is CC(CO)Nc1nc(SCc2ccccc2)nc2nc(Br)sc12. The molecule has 8 heteroatoms. The average molecular weight is 411 g/mol. The van der Waals surface area contributed by atoms with Crippen LogP contribution in [0.2, 0.25) is 0 Å². The molecule has 5 nitrogen and oxygen atoms in total. The van der Waals surface area contributed by atoms with Crippen molar-refractivity contribution in [1.82, 2.24) is 15.0 Å². The molecule has 0 aliphatic rings. The summed E-state index contributed by atoms with van der Waals surface area (Å²) in [5.74, 6) is 1.52. The molecule has 3 aromatic rings. The van der Waals surface area contributed by atoms with Gasteiger partial charge in [-0.3, -0.25) is 0 Å². The summed E-state index contributed by atoms with van der Waals surface area (Å²) in [5.41, 5.74) is 1.89. The molecule has 0 radical (unpaired) electrons. The first-order chi connectivity index (χ1) is 11.2. The van der Waals surface area contributed by atoms with E-state index in [9.17, 15) is 5.11 Å². The van der Waals surface area contributed by atoms with Crippen LogP contribution in [0, 0.1) is 0 Å². The molecule has 3 rings (SSSR count). The van der Waals surface area contributed by atoms with Crippen molar-refractivity contribution in [2.75, 3.05) is 11.9 Å². The second-order valence-electron chi connectivity index (χ2n) is 4.98. The number of anilines is 1. The van der Waals surface area contributed by atoms with Crippen molar-refractivity contribution in [3.05, 3.63) is 39.8 Å². The number of rotatable bonds is 6. The fourth-order valence-corrected chi connectivity index (χ4v) is 4.08. The van der Waals surface area contributed by atoms with Crippen molar-refractivity contribution in [2.24, 2.45) is 0 Å². The zero-order chi connectivity index (χ0) is 16.2. The van der Waals surface area contributed by atoms with Gasteiger partial charge in [0, 0.05) is 11.8 Å². The maximum atomic E-state index is 9.26. The Kier molecular flexibility index (Phi) is 5.47. The summed E-state index contributed by atoms with van der Waals surface area (Å²) < 4.78 is 1.66. The molecule has 0 spiro atoms. The lowest BCUT2D eigenvalue weighted by molar-refractivity contribution is 0.281. The Morgan fingerprint density at radius 2 is 2.04 bits per heavy atom. The largest absolute Gasteiger partial charge is 0.394 e. The van der Waals surface area contributed by atoms with Crippen LogP contribution in [0.25, 0.3) is 10.3 Å². The molecule has 0 saturated carbocycles. The van der Waals surface area contributed by atoms with Gasteiger partial charge in [0.05, 0.1) is 6.61 Å². The van der Waals surface area contributed by atoms with Gasteiger partial charge in [0.15, 0.2) is 20.5 Å². The molecule has 0 amide bonds. The minimum atomic E-state index is -0.0825. The first-order valence-electron chi connectivity index (χ1n) is 7.04. The molecule has 1 atom stereocenters. The third-order valence-corrected chi connectivity index (χ3v) is 5.50. The summed E-state index contributed by atoms with van der Waals surface area (Å²) >= 11 is 6.45. The predicted molar refractivity (Wildman–Crippen MR) is 99.1 cm³/mol. The quantitative estimate of drug-likeness (QED) is 0.473. The van der Waals surface area contributed by atoms with E-state index in [4.69, 9.17) is 0 Å². The van der Waals surface area contributed by atoms with Gasteiger partial charge in [-0.15, -0.1) is 11.3 Å². The number of hydrogen-bond donors (Lipinski definition) is 2. The lowest BCUT2D eigenvalue weighted by Crippen LogP contribution is -2.20. The van der Waals surface area contributed by atoms with E-state index < -0.39 is 0 Å². The first-order valence-corrected chi connectivity index (χ1v) is 9.63. The summed E-state index contributed by atoms with van der Waals surface area (Å²) in [6, 6.07) is 10.1. The summed E-state index contributed by atoms with van der Waals surface area (Å²) in [6.07, 6.45) is 0. The summed E-state index contributed by atoms with van der Waals surface area (Å²) in [7, 11) is 0. The van der Waals surface area contributed by atoms with Crippen molar-refractivity contribution >= 4 is 55.2 Å². The summed E-state index contributed by atoms with van der Waals surface area (Å²) in [6.45, 7) is 1.94. The molecular weight excluding hydrogens is 396 g/mol. The Balaban J connectivity index is 1.88. The zero-order valence-corrected chi connectivity index (χ0v) is 15.6. The summed E-state index contributed by atoms with van der Waals surface area (Å²) in [4.78, 5) is 13.5. The molecule has 1 aromatic carbocycles. The van der Waals surface area contributed by atoms with Crippen molar-refractivity contribution < 1.29 is 5.11 Å². The van der Waals surface area contributed by atoms with E-state index >= 15 is 0 Å². The second kappa shape index (κ2) is 7.57. The highest BCUT2D eigenvalue weighted by molar-refractivity contribution is 9.11. The van der Waals surface area contributed by atoms with E-state index in [0.717, 1.165) is 20.2 Å². The van der Waals surface area contributed by atoms with E-state index in [2.05, 4.69) is 48.3 Å². The lowest BCUT2D eigenvalue weighted by Gasteiger charge is -2.12. The molecule has 0 bridgehead atoms. The fourth-order valence-electron chi connectivity index (χ4n) is 1.94. The molecule has 2 aromatic heterocycles. The van der Waals surface area contributed by atoms with E-state index in [1.807, 2.05) is 25.1 Å². The van der Waals surface area contributed by atoms with Gasteiger partial charge in [-0.05, 0) is 28.4 Å². The Labute approximate surface area is 150 Å². The Bertz CT molecular complexity index is 797. The standard InChI is InChI=1S/C15H15BrN4OS2/c1-9(7-21)17-12-11-13(18-14(16)23-11)20-15(19-12)22-8-10-5-3-2-4-6-10/h2-6,9,21H,7-8H2,1H3,(H,17,19,20). The number of nitrogens with one attached hydrogen (secondary N) is 1. The van der Waals surface area contributed by atoms with Crippen LogP contribution in [0.3, 0.4) is 0 Å². The third-order valence-electron chi connectivity index (χ3n) is 3.07. The van der Waals surface area contributed by atoms with Gasteiger partial charge in [0.2, 0.25) is 0 Å². The maximum Gasteiger partial charge on any atom is 0.191 e. The number of thioether (sulfide) groups is 1. The number of thiazole rings is 1. The Morgan fingerprint density at radius 1 is 1.26 bits per heavy atom. The van der Waals surface area contributed by atoms with Crippen LogP contribution in [-0.2, 0) is 5.75 Å². The van der Waals surface area contributed by atoms with Crippen LogP contribution in [-0.4, -0.2) is 32.7 Å². The van der Waals surface area contributed by atoms with Gasteiger partial charge < -0.3 is 10.4 Å². The van der Waals surface area contributed by atoms with Gasteiger partial charge in [0.25, 0.3) is 0 Å². The van der Waals surface area contributed by atoms with Crippen LogP contribution >= 0.6 is 39.0 Å². The minimum absolute atomic E-state index is 0.0396. The maximum absolute atomic E-state index is 9.26. The number of aromatic nitrogens is 3. The topological polar surface area (TPSA) is 70.9 Å². The molecule has 1 unspecified atom stereocenters. The molecule has 0 aliphatic heterocycles. The molecule has 0 aliphatic carbocycles. The van der Waals surface area contributed by atoms with Crippen molar-refractivity contribution in [1.29, 1.82) is 0 Å². The molecular formula is C15H15BrN4OS2. The van der Waals surface area contributed by atoms with Gasteiger partial charge in [-0.25, -0.2) is 15.0 Å². The highest BCUT2D eigenvalue weighted by atomic mass is 79.9. The lowest BCUT2D eigenvalue weighted by atomic mass is 10.2. The molecule has 0 saturated heterocycles. The molecule has 0 fully saturated rings. The first kappa shape index (κ1) is 16.6. The number of benzene rings is 1. The van der Waals surface area contributed by atoms with Crippen LogP contribution in [0.1, 0.15) is 12.5 Å². The van der Waals surface area contributed by atoms with Gasteiger partial charge in [-0.2, -0.15) is 0 Å². The molecule has 23 heavy (non-hydrogen) atoms. The third kappa shape index (κ3) is 4.20. The van der Waals surface area contributed by atoms with Gasteiger partial charge in [-0.1, -0.05) is 42.1 Å². The number of fused-ring (bicyclic) bond motifs is 1. The average Bonchev–Trinajstić information content (AvgIpc) is 2.94. The highest BCUT2D eigenvalue weighted by Gasteiger charge is 2.14. The normalized spacial score (nSPS) is 12.5. The molecule has 2 N–H and O–H groups in total. The summed E-state index contributed by atoms with van der Waals surface area (Å²) in [5, 5.41) is 13.2. The van der Waals surface area contributed by atoms with Crippen molar-refractivity contribution in [3.8, 4) is 0 Å². The smallest absolute Gasteiger partial charge is 0.191 e.